The first kappa shape index (κ1) is 14.4. The third kappa shape index (κ3) is 2.43. The Morgan fingerprint density at radius 1 is 1.38 bits per heavy atom. The average molecular weight is 310 g/mol. The van der Waals surface area contributed by atoms with E-state index in [9.17, 15) is 13.2 Å². The van der Waals surface area contributed by atoms with Gasteiger partial charge >= 0.3 is 5.97 Å². The van der Waals surface area contributed by atoms with E-state index in [0.29, 0.717) is 37.0 Å². The van der Waals surface area contributed by atoms with Crippen LogP contribution in [0.2, 0.25) is 0 Å². The summed E-state index contributed by atoms with van der Waals surface area (Å²) in [6.07, 6.45) is 6.30. The Kier molecular flexibility index (Phi) is 3.27. The van der Waals surface area contributed by atoms with Gasteiger partial charge in [-0.25, -0.2) is 13.4 Å². The van der Waals surface area contributed by atoms with Gasteiger partial charge in [0.25, 0.3) is 0 Å². The molecule has 7 heteroatoms. The Balaban J connectivity index is 2.03. The Bertz CT molecular complexity index is 676. The summed E-state index contributed by atoms with van der Waals surface area (Å²) >= 11 is 0. The van der Waals surface area contributed by atoms with Gasteiger partial charge in [-0.15, -0.1) is 0 Å². The van der Waals surface area contributed by atoms with Crippen LogP contribution in [-0.2, 0) is 24.8 Å². The van der Waals surface area contributed by atoms with E-state index in [1.54, 1.807) is 6.92 Å². The Labute approximate surface area is 123 Å². The Hall–Kier alpha value is -1.50. The summed E-state index contributed by atoms with van der Waals surface area (Å²) in [5.74, 6) is 0.744. The van der Waals surface area contributed by atoms with Gasteiger partial charge in [-0.1, -0.05) is 0 Å². The number of fused-ring (bicyclic) bond motifs is 1. The molecule has 0 amide bonds. The molecule has 0 bridgehead atoms. The molecule has 1 aromatic rings. The van der Waals surface area contributed by atoms with Crippen LogP contribution in [0.5, 0.6) is 0 Å². The monoisotopic (exact) mass is 310 g/mol. The van der Waals surface area contributed by atoms with Crippen molar-refractivity contribution in [3.63, 3.8) is 0 Å². The highest BCUT2D eigenvalue weighted by Crippen LogP contribution is 2.60. The second kappa shape index (κ2) is 4.76. The summed E-state index contributed by atoms with van der Waals surface area (Å²) in [6.45, 7) is 2.06. The summed E-state index contributed by atoms with van der Waals surface area (Å²) < 4.78 is 28.5. The Morgan fingerprint density at radius 2 is 2.05 bits per heavy atom. The highest BCUT2D eigenvalue weighted by Gasteiger charge is 2.60. The zero-order valence-corrected chi connectivity index (χ0v) is 12.9. The van der Waals surface area contributed by atoms with E-state index in [0.717, 1.165) is 12.7 Å². The SMILES string of the molecule is CCOC(=O)C1(c2cncc(S(C)(=O)=O)n2)CC2CC2C1. The smallest absolute Gasteiger partial charge is 0.318 e. The molecule has 2 saturated carbocycles. The Morgan fingerprint density at radius 3 is 2.62 bits per heavy atom. The first-order valence-electron chi connectivity index (χ1n) is 7.06. The number of sulfone groups is 1. The summed E-state index contributed by atoms with van der Waals surface area (Å²) in [4.78, 5) is 20.6. The molecule has 2 aliphatic carbocycles. The van der Waals surface area contributed by atoms with Crippen molar-refractivity contribution in [2.75, 3.05) is 12.9 Å². The fraction of sp³-hybridized carbons (Fsp3) is 0.643. The van der Waals surface area contributed by atoms with Crippen LogP contribution < -0.4 is 0 Å². The predicted molar refractivity (Wildman–Crippen MR) is 74.3 cm³/mol. The van der Waals surface area contributed by atoms with Crippen molar-refractivity contribution in [1.82, 2.24) is 9.97 Å². The van der Waals surface area contributed by atoms with Crippen LogP contribution in [0.3, 0.4) is 0 Å². The fourth-order valence-electron chi connectivity index (χ4n) is 3.30. The van der Waals surface area contributed by atoms with Gasteiger partial charge in [-0.2, -0.15) is 0 Å². The number of rotatable bonds is 4. The third-order valence-corrected chi connectivity index (χ3v) is 5.40. The molecule has 3 rings (SSSR count). The van der Waals surface area contributed by atoms with Crippen molar-refractivity contribution in [2.45, 2.75) is 36.6 Å². The maximum Gasteiger partial charge on any atom is 0.318 e. The third-order valence-electron chi connectivity index (χ3n) is 4.44. The molecule has 6 nitrogen and oxygen atoms in total. The number of esters is 1. The van der Waals surface area contributed by atoms with Gasteiger partial charge in [0.05, 0.1) is 18.5 Å². The molecule has 1 aromatic heterocycles. The van der Waals surface area contributed by atoms with E-state index < -0.39 is 15.3 Å². The second-order valence-corrected chi connectivity index (χ2v) is 7.94. The molecule has 2 fully saturated rings. The molecule has 0 spiro atoms. The van der Waals surface area contributed by atoms with Crippen LogP contribution >= 0.6 is 0 Å². The average Bonchev–Trinajstić information content (AvgIpc) is 3.05. The first-order valence-corrected chi connectivity index (χ1v) is 8.96. The molecule has 0 radical (unpaired) electrons. The fourth-order valence-corrected chi connectivity index (χ4v) is 3.81. The van der Waals surface area contributed by atoms with E-state index in [1.807, 2.05) is 0 Å². The van der Waals surface area contributed by atoms with Gasteiger partial charge in [0.2, 0.25) is 0 Å². The van der Waals surface area contributed by atoms with Crippen LogP contribution in [0.15, 0.2) is 17.4 Å². The number of hydrogen-bond acceptors (Lipinski definition) is 6. The van der Waals surface area contributed by atoms with Crippen LogP contribution in [0.25, 0.3) is 0 Å². The van der Waals surface area contributed by atoms with E-state index in [-0.39, 0.29) is 11.0 Å². The van der Waals surface area contributed by atoms with Crippen LogP contribution in [0.1, 0.15) is 31.9 Å². The molecule has 21 heavy (non-hydrogen) atoms. The van der Waals surface area contributed by atoms with Crippen molar-refractivity contribution in [3.8, 4) is 0 Å². The lowest BCUT2D eigenvalue weighted by Crippen LogP contribution is -2.37. The van der Waals surface area contributed by atoms with Gasteiger partial charge in [-0.3, -0.25) is 9.78 Å². The molecule has 2 unspecified atom stereocenters. The van der Waals surface area contributed by atoms with Gasteiger partial charge in [-0.05, 0) is 38.0 Å². The molecule has 0 aromatic carbocycles. The minimum absolute atomic E-state index is 0.0933. The lowest BCUT2D eigenvalue weighted by molar-refractivity contribution is -0.150. The molecule has 2 atom stereocenters. The van der Waals surface area contributed by atoms with Gasteiger partial charge in [0.15, 0.2) is 14.9 Å². The number of hydrogen-bond donors (Lipinski definition) is 0. The van der Waals surface area contributed by atoms with Crippen molar-refractivity contribution in [2.24, 2.45) is 11.8 Å². The molecular weight excluding hydrogens is 292 g/mol. The van der Waals surface area contributed by atoms with Crippen molar-refractivity contribution >= 4 is 15.8 Å². The predicted octanol–water partition coefficient (Wildman–Crippen LogP) is 1.11. The number of aromatic nitrogens is 2. The zero-order valence-electron chi connectivity index (χ0n) is 12.1. The van der Waals surface area contributed by atoms with Crippen molar-refractivity contribution < 1.29 is 17.9 Å². The zero-order chi connectivity index (χ0) is 15.3. The highest BCUT2D eigenvalue weighted by atomic mass is 32.2. The highest BCUT2D eigenvalue weighted by molar-refractivity contribution is 7.90. The van der Waals surface area contributed by atoms with Crippen LogP contribution in [-0.4, -0.2) is 37.2 Å². The number of carbonyl (C=O) groups excluding carboxylic acids is 1. The number of carbonyl (C=O) groups is 1. The quantitative estimate of drug-likeness (QED) is 0.774. The maximum absolute atomic E-state index is 12.5. The van der Waals surface area contributed by atoms with Gasteiger partial charge < -0.3 is 4.74 Å². The standard InChI is InChI=1S/C14H18N2O4S/c1-3-20-13(17)14(5-9-4-10(9)6-14)11-7-15-8-12(16-11)21(2,18)19/h7-10H,3-6H2,1-2H3. The van der Waals surface area contributed by atoms with Crippen molar-refractivity contribution in [1.29, 1.82) is 0 Å². The van der Waals surface area contributed by atoms with E-state index in [1.165, 1.54) is 12.4 Å². The van der Waals surface area contributed by atoms with Gasteiger partial charge in [0.1, 0.15) is 5.41 Å². The summed E-state index contributed by atoms with van der Waals surface area (Å²) in [6, 6.07) is 0. The normalized spacial score (nSPS) is 30.8. The van der Waals surface area contributed by atoms with Crippen LogP contribution in [0, 0.1) is 11.8 Å². The first-order chi connectivity index (χ1) is 9.87. The molecule has 0 saturated heterocycles. The topological polar surface area (TPSA) is 86.2 Å². The second-order valence-electron chi connectivity index (χ2n) is 5.98. The largest absolute Gasteiger partial charge is 0.465 e. The van der Waals surface area contributed by atoms with E-state index in [4.69, 9.17) is 4.74 Å². The van der Waals surface area contributed by atoms with Crippen LogP contribution in [0.4, 0.5) is 0 Å². The molecule has 1 heterocycles. The van der Waals surface area contributed by atoms with Gasteiger partial charge in [0, 0.05) is 12.5 Å². The van der Waals surface area contributed by atoms with E-state index in [2.05, 4.69) is 9.97 Å². The molecule has 0 N–H and O–H groups in total. The molecule has 0 aliphatic heterocycles. The summed E-state index contributed by atoms with van der Waals surface area (Å²) in [5.41, 5.74) is -0.395. The lowest BCUT2D eigenvalue weighted by atomic mass is 9.80. The molecule has 114 valence electrons. The lowest BCUT2D eigenvalue weighted by Gasteiger charge is -2.27. The summed E-state index contributed by atoms with van der Waals surface area (Å²) in [5, 5.41) is -0.0933. The minimum Gasteiger partial charge on any atom is -0.465 e. The number of ether oxygens (including phenoxy) is 1. The summed E-state index contributed by atoms with van der Waals surface area (Å²) in [7, 11) is -3.45. The van der Waals surface area contributed by atoms with Crippen molar-refractivity contribution in [3.05, 3.63) is 18.1 Å². The molecular formula is C14H18N2O4S. The minimum atomic E-state index is -3.45. The maximum atomic E-state index is 12.5. The van der Waals surface area contributed by atoms with E-state index >= 15 is 0 Å². The number of nitrogens with zero attached hydrogens (tertiary/aromatic N) is 2. The molecule has 2 aliphatic rings.